The van der Waals surface area contributed by atoms with Crippen molar-refractivity contribution in [2.75, 3.05) is 44.5 Å². The molecule has 0 aliphatic rings. The van der Waals surface area contributed by atoms with Crippen LogP contribution in [0.4, 0.5) is 11.6 Å². The molecule has 0 aliphatic heterocycles. The maximum Gasteiger partial charge on any atom is 0.158 e. The Labute approximate surface area is 119 Å². The molecule has 0 spiro atoms. The molecule has 0 aromatic carbocycles. The molecule has 1 aromatic heterocycles. The number of nitrogens with one attached hydrogen (secondary N) is 2. The fraction of sp³-hybridized carbons (Fsp3) is 0.692. The van der Waals surface area contributed by atoms with E-state index in [1.165, 1.54) is 0 Å². The van der Waals surface area contributed by atoms with Crippen molar-refractivity contribution in [3.63, 3.8) is 0 Å². The number of aliphatic hydroxyl groups excluding tert-OH is 1. The summed E-state index contributed by atoms with van der Waals surface area (Å²) in [4.78, 5) is 8.67. The summed E-state index contributed by atoms with van der Waals surface area (Å²) in [6.07, 6.45) is 0.120. The number of aliphatic hydroxyl groups is 1. The molecule has 0 radical (unpaired) electrons. The first-order chi connectivity index (χ1) is 9.69. The van der Waals surface area contributed by atoms with Gasteiger partial charge in [-0.25, -0.2) is 9.97 Å². The normalized spacial score (nSPS) is 12.2. The molecule has 1 rings (SSSR count). The number of methoxy groups -OCH3 is 1. The first kappa shape index (κ1) is 16.6. The average Bonchev–Trinajstić information content (AvgIpc) is 2.45. The second-order valence-electron chi connectivity index (χ2n) is 4.27. The lowest BCUT2D eigenvalue weighted by molar-refractivity contribution is 0.0615. The fourth-order valence-electron chi connectivity index (χ4n) is 1.62. The highest BCUT2D eigenvalue weighted by Crippen LogP contribution is 2.11. The van der Waals surface area contributed by atoms with Gasteiger partial charge >= 0.3 is 0 Å². The third kappa shape index (κ3) is 6.14. The van der Waals surface area contributed by atoms with Crippen LogP contribution in [0, 0.1) is 0 Å². The van der Waals surface area contributed by atoms with Crippen LogP contribution in [0.5, 0.6) is 0 Å². The largest absolute Gasteiger partial charge is 0.391 e. The van der Waals surface area contributed by atoms with Crippen molar-refractivity contribution in [1.29, 1.82) is 0 Å². The molecule has 0 saturated carbocycles. The van der Waals surface area contributed by atoms with Crippen LogP contribution in [0.3, 0.4) is 0 Å². The topological polar surface area (TPSA) is 88.5 Å². The maximum atomic E-state index is 9.57. The number of rotatable bonds is 10. The van der Waals surface area contributed by atoms with Crippen LogP contribution in [-0.4, -0.2) is 55.1 Å². The van der Waals surface area contributed by atoms with Crippen LogP contribution in [-0.2, 0) is 16.1 Å². The van der Waals surface area contributed by atoms with Gasteiger partial charge in [-0.3, -0.25) is 0 Å². The van der Waals surface area contributed by atoms with Gasteiger partial charge in [0.1, 0.15) is 18.2 Å². The van der Waals surface area contributed by atoms with Crippen LogP contribution in [0.1, 0.15) is 19.2 Å². The molecule has 1 atom stereocenters. The van der Waals surface area contributed by atoms with E-state index in [1.807, 2.05) is 13.0 Å². The van der Waals surface area contributed by atoms with Crippen molar-refractivity contribution in [3.8, 4) is 0 Å². The molecule has 0 amide bonds. The van der Waals surface area contributed by atoms with Crippen LogP contribution >= 0.6 is 0 Å². The Morgan fingerprint density at radius 1 is 1.35 bits per heavy atom. The van der Waals surface area contributed by atoms with E-state index >= 15 is 0 Å². The quantitative estimate of drug-likeness (QED) is 0.587. The van der Waals surface area contributed by atoms with E-state index < -0.39 is 6.10 Å². The minimum Gasteiger partial charge on any atom is -0.391 e. The Balaban J connectivity index is 2.54. The number of hydrogen-bond donors (Lipinski definition) is 3. The van der Waals surface area contributed by atoms with Gasteiger partial charge in [0, 0.05) is 33.4 Å². The van der Waals surface area contributed by atoms with Gasteiger partial charge < -0.3 is 25.2 Å². The molecule has 0 aliphatic carbocycles. The Hall–Kier alpha value is -1.44. The van der Waals surface area contributed by atoms with E-state index in [0.717, 1.165) is 5.82 Å². The van der Waals surface area contributed by atoms with E-state index in [0.29, 0.717) is 44.4 Å². The zero-order valence-electron chi connectivity index (χ0n) is 12.3. The molecule has 3 N–H and O–H groups in total. The summed E-state index contributed by atoms with van der Waals surface area (Å²) in [5.41, 5.74) is 0. The van der Waals surface area contributed by atoms with Crippen LogP contribution in [0.15, 0.2) is 6.07 Å². The van der Waals surface area contributed by atoms with Crippen LogP contribution in [0.2, 0.25) is 0 Å². The fourth-order valence-corrected chi connectivity index (χ4v) is 1.62. The minimum atomic E-state index is -0.471. The van der Waals surface area contributed by atoms with Crippen LogP contribution in [0.25, 0.3) is 0 Å². The summed E-state index contributed by atoms with van der Waals surface area (Å²) >= 11 is 0. The number of ether oxygens (including phenoxy) is 2. The highest BCUT2D eigenvalue weighted by atomic mass is 16.5. The lowest BCUT2D eigenvalue weighted by Crippen LogP contribution is -2.19. The molecule has 0 bridgehead atoms. The number of anilines is 2. The monoisotopic (exact) mass is 284 g/mol. The zero-order valence-corrected chi connectivity index (χ0v) is 12.3. The van der Waals surface area contributed by atoms with Gasteiger partial charge in [0.2, 0.25) is 0 Å². The zero-order chi connectivity index (χ0) is 14.8. The smallest absolute Gasteiger partial charge is 0.158 e. The molecular weight excluding hydrogens is 260 g/mol. The summed E-state index contributed by atoms with van der Waals surface area (Å²) in [7, 11) is 3.37. The first-order valence-corrected chi connectivity index (χ1v) is 6.73. The average molecular weight is 284 g/mol. The summed E-state index contributed by atoms with van der Waals surface area (Å²) in [6, 6.07) is 1.82. The number of hydrogen-bond acceptors (Lipinski definition) is 7. The molecule has 1 aromatic rings. The highest BCUT2D eigenvalue weighted by Gasteiger charge is 2.06. The Kier molecular flexibility index (Phi) is 7.86. The maximum absolute atomic E-state index is 9.57. The van der Waals surface area contributed by atoms with Gasteiger partial charge in [-0.05, 0) is 13.3 Å². The van der Waals surface area contributed by atoms with Crippen molar-refractivity contribution in [1.82, 2.24) is 9.97 Å². The molecule has 0 saturated heterocycles. The molecule has 7 heteroatoms. The minimum absolute atomic E-state index is 0.336. The van der Waals surface area contributed by atoms with Crippen molar-refractivity contribution < 1.29 is 14.6 Å². The van der Waals surface area contributed by atoms with E-state index in [9.17, 15) is 5.11 Å². The number of nitrogens with zero attached hydrogens (tertiary/aromatic N) is 2. The van der Waals surface area contributed by atoms with Crippen molar-refractivity contribution in [3.05, 3.63) is 11.9 Å². The molecule has 0 fully saturated rings. The Morgan fingerprint density at radius 2 is 2.10 bits per heavy atom. The highest BCUT2D eigenvalue weighted by molar-refractivity contribution is 5.47. The Bertz CT molecular complexity index is 390. The molecule has 7 nitrogen and oxygen atoms in total. The second kappa shape index (κ2) is 9.46. The van der Waals surface area contributed by atoms with E-state index in [4.69, 9.17) is 9.47 Å². The van der Waals surface area contributed by atoms with Crippen LogP contribution < -0.4 is 10.6 Å². The van der Waals surface area contributed by atoms with Gasteiger partial charge in [0.05, 0.1) is 12.7 Å². The lowest BCUT2D eigenvalue weighted by Gasteiger charge is -2.12. The summed E-state index contributed by atoms with van der Waals surface area (Å²) < 4.78 is 10.2. The molecule has 1 unspecified atom stereocenters. The standard InChI is InChI=1S/C13H24N4O3/c1-4-20-9-13-16-11(14-2)7-12(17-13)15-6-5-10(18)8-19-3/h7,10,18H,4-6,8-9H2,1-3H3,(H2,14,15,16,17). The summed E-state index contributed by atoms with van der Waals surface area (Å²) in [6.45, 7) is 3.88. The molecule has 1 heterocycles. The predicted octanol–water partition coefficient (Wildman–Crippen LogP) is 0.864. The Morgan fingerprint density at radius 3 is 2.75 bits per heavy atom. The van der Waals surface area contributed by atoms with Crippen molar-refractivity contribution in [2.45, 2.75) is 26.1 Å². The van der Waals surface area contributed by atoms with Gasteiger partial charge in [0.15, 0.2) is 5.82 Å². The third-order valence-electron chi connectivity index (χ3n) is 2.61. The van der Waals surface area contributed by atoms with Gasteiger partial charge in [-0.15, -0.1) is 0 Å². The predicted molar refractivity (Wildman–Crippen MR) is 77.9 cm³/mol. The van der Waals surface area contributed by atoms with E-state index in [1.54, 1.807) is 14.2 Å². The SMILES string of the molecule is CCOCc1nc(NC)cc(NCCC(O)COC)n1. The van der Waals surface area contributed by atoms with E-state index in [-0.39, 0.29) is 0 Å². The van der Waals surface area contributed by atoms with Crippen molar-refractivity contribution in [2.24, 2.45) is 0 Å². The molecule has 20 heavy (non-hydrogen) atoms. The van der Waals surface area contributed by atoms with Gasteiger partial charge in [0.25, 0.3) is 0 Å². The summed E-state index contributed by atoms with van der Waals surface area (Å²) in [5.74, 6) is 2.07. The van der Waals surface area contributed by atoms with E-state index in [2.05, 4.69) is 20.6 Å². The summed E-state index contributed by atoms with van der Waals surface area (Å²) in [5, 5.41) is 15.7. The number of aromatic nitrogens is 2. The molecule has 114 valence electrons. The molecular formula is C13H24N4O3. The lowest BCUT2D eigenvalue weighted by atomic mass is 10.2. The second-order valence-corrected chi connectivity index (χ2v) is 4.27. The third-order valence-corrected chi connectivity index (χ3v) is 2.61. The van der Waals surface area contributed by atoms with Crippen molar-refractivity contribution >= 4 is 11.6 Å². The first-order valence-electron chi connectivity index (χ1n) is 6.73. The van der Waals surface area contributed by atoms with Gasteiger partial charge in [-0.1, -0.05) is 0 Å². The van der Waals surface area contributed by atoms with Gasteiger partial charge in [-0.2, -0.15) is 0 Å².